The Morgan fingerprint density at radius 3 is 2.70 bits per heavy atom. The normalized spacial score (nSPS) is 16.4. The molecule has 1 aromatic rings. The van der Waals surface area contributed by atoms with Gasteiger partial charge in [0.1, 0.15) is 5.75 Å². The number of hydrogen-bond acceptors (Lipinski definition) is 4. The Kier molecular flexibility index (Phi) is 5.02. The molecule has 0 radical (unpaired) electrons. The summed E-state index contributed by atoms with van der Waals surface area (Å²) in [6.07, 6.45) is 0.411. The summed E-state index contributed by atoms with van der Waals surface area (Å²) >= 11 is 6.17. The van der Waals surface area contributed by atoms with Crippen molar-refractivity contribution in [3.05, 3.63) is 27.8 Å². The van der Waals surface area contributed by atoms with Crippen LogP contribution < -0.4 is 5.32 Å². The lowest BCUT2D eigenvalue weighted by atomic mass is 9.98. The van der Waals surface area contributed by atoms with Gasteiger partial charge in [-0.2, -0.15) is 0 Å². The SMILES string of the molecule is Cc1cc(O)c(C(=O)CCN2CCNCC2)c(C)c1Cl. The van der Waals surface area contributed by atoms with Crippen molar-refractivity contribution in [1.29, 1.82) is 0 Å². The van der Waals surface area contributed by atoms with E-state index in [1.54, 1.807) is 13.0 Å². The number of phenolic OH excluding ortho intramolecular Hbond substituents is 1. The second-order valence-corrected chi connectivity index (χ2v) is 5.67. The van der Waals surface area contributed by atoms with Gasteiger partial charge in [-0.25, -0.2) is 0 Å². The summed E-state index contributed by atoms with van der Waals surface area (Å²) in [6.45, 7) is 8.20. The van der Waals surface area contributed by atoms with Gasteiger partial charge in [-0.3, -0.25) is 4.79 Å². The number of carbonyl (C=O) groups excluding carboxylic acids is 1. The van der Waals surface area contributed by atoms with Gasteiger partial charge in [-0.1, -0.05) is 11.6 Å². The summed E-state index contributed by atoms with van der Waals surface area (Å²) in [4.78, 5) is 14.6. The number of phenols is 1. The van der Waals surface area contributed by atoms with Crippen LogP contribution in [0.4, 0.5) is 0 Å². The number of ketones is 1. The van der Waals surface area contributed by atoms with E-state index in [-0.39, 0.29) is 11.5 Å². The third-order valence-corrected chi connectivity index (χ3v) is 4.38. The standard InChI is InChI=1S/C15H21ClN2O2/c1-10-9-13(20)14(11(2)15(10)16)12(19)3-6-18-7-4-17-5-8-18/h9,17,20H,3-8H2,1-2H3. The Bertz CT molecular complexity index is 511. The molecule has 0 unspecified atom stereocenters. The topological polar surface area (TPSA) is 52.6 Å². The predicted molar refractivity (Wildman–Crippen MR) is 80.8 cm³/mol. The molecule has 4 nitrogen and oxygen atoms in total. The van der Waals surface area contributed by atoms with Gasteiger partial charge < -0.3 is 15.3 Å². The predicted octanol–water partition coefficient (Wildman–Crippen LogP) is 2.14. The molecule has 110 valence electrons. The van der Waals surface area contributed by atoms with E-state index in [0.29, 0.717) is 22.6 Å². The molecule has 0 aromatic heterocycles. The number of rotatable bonds is 4. The van der Waals surface area contributed by atoms with E-state index in [0.717, 1.165) is 38.3 Å². The van der Waals surface area contributed by atoms with Crippen LogP contribution in [-0.2, 0) is 0 Å². The smallest absolute Gasteiger partial charge is 0.168 e. The molecule has 2 N–H and O–H groups in total. The van der Waals surface area contributed by atoms with Crippen molar-refractivity contribution < 1.29 is 9.90 Å². The molecule has 1 aliphatic heterocycles. The Morgan fingerprint density at radius 2 is 2.05 bits per heavy atom. The van der Waals surface area contributed by atoms with Gasteiger partial charge in [-0.05, 0) is 31.0 Å². The summed E-state index contributed by atoms with van der Waals surface area (Å²) in [7, 11) is 0. The number of hydrogen-bond donors (Lipinski definition) is 2. The number of halogens is 1. The molecular formula is C15H21ClN2O2. The highest BCUT2D eigenvalue weighted by atomic mass is 35.5. The first-order valence-corrected chi connectivity index (χ1v) is 7.33. The molecule has 5 heteroatoms. The molecule has 1 aromatic carbocycles. The Hall–Kier alpha value is -1.10. The van der Waals surface area contributed by atoms with Crippen LogP contribution >= 0.6 is 11.6 Å². The number of carbonyl (C=O) groups is 1. The number of nitrogens with one attached hydrogen (secondary N) is 1. The van der Waals surface area contributed by atoms with E-state index < -0.39 is 0 Å². The summed E-state index contributed by atoms with van der Waals surface area (Å²) in [6, 6.07) is 1.56. The van der Waals surface area contributed by atoms with Crippen molar-refractivity contribution in [2.75, 3.05) is 32.7 Å². The minimum Gasteiger partial charge on any atom is -0.507 e. The van der Waals surface area contributed by atoms with Gasteiger partial charge in [0, 0.05) is 44.2 Å². The van der Waals surface area contributed by atoms with Crippen molar-refractivity contribution in [3.63, 3.8) is 0 Å². The van der Waals surface area contributed by atoms with Crippen LogP contribution in [0.5, 0.6) is 5.75 Å². The van der Waals surface area contributed by atoms with Gasteiger partial charge in [0.25, 0.3) is 0 Å². The van der Waals surface area contributed by atoms with Gasteiger partial charge in [-0.15, -0.1) is 0 Å². The fraction of sp³-hybridized carbons (Fsp3) is 0.533. The molecule has 1 aliphatic rings. The zero-order valence-electron chi connectivity index (χ0n) is 12.0. The lowest BCUT2D eigenvalue weighted by molar-refractivity contribution is 0.0957. The molecule has 0 amide bonds. The van der Waals surface area contributed by atoms with E-state index in [1.165, 1.54) is 0 Å². The van der Waals surface area contributed by atoms with Crippen molar-refractivity contribution in [2.45, 2.75) is 20.3 Å². The first kappa shape index (κ1) is 15.3. The molecule has 2 rings (SSSR count). The third kappa shape index (κ3) is 3.32. The number of aromatic hydroxyl groups is 1. The van der Waals surface area contributed by atoms with Crippen LogP contribution in [0.1, 0.15) is 27.9 Å². The second kappa shape index (κ2) is 6.57. The second-order valence-electron chi connectivity index (χ2n) is 5.29. The summed E-state index contributed by atoms with van der Waals surface area (Å²) in [5, 5.41) is 13.8. The van der Waals surface area contributed by atoms with E-state index in [2.05, 4.69) is 10.2 Å². The lowest BCUT2D eigenvalue weighted by Gasteiger charge is -2.26. The maximum atomic E-state index is 12.3. The minimum atomic E-state index is -0.0413. The molecule has 1 fully saturated rings. The highest BCUT2D eigenvalue weighted by Gasteiger charge is 2.19. The highest BCUT2D eigenvalue weighted by molar-refractivity contribution is 6.32. The Morgan fingerprint density at radius 1 is 1.40 bits per heavy atom. The number of piperazine rings is 1. The molecule has 0 atom stereocenters. The van der Waals surface area contributed by atoms with Crippen molar-refractivity contribution in [1.82, 2.24) is 10.2 Å². The lowest BCUT2D eigenvalue weighted by Crippen LogP contribution is -2.44. The average Bonchev–Trinajstić information content (AvgIpc) is 2.44. The van der Waals surface area contributed by atoms with Crippen molar-refractivity contribution in [3.8, 4) is 5.75 Å². The van der Waals surface area contributed by atoms with Gasteiger partial charge >= 0.3 is 0 Å². The van der Waals surface area contributed by atoms with Crippen LogP contribution in [0.2, 0.25) is 5.02 Å². The number of Topliss-reactive ketones (excluding diaryl/α,β-unsaturated/α-hetero) is 1. The van der Waals surface area contributed by atoms with Gasteiger partial charge in [0.15, 0.2) is 5.78 Å². The maximum Gasteiger partial charge on any atom is 0.168 e. The van der Waals surface area contributed by atoms with E-state index in [4.69, 9.17) is 11.6 Å². The van der Waals surface area contributed by atoms with Crippen LogP contribution in [0.25, 0.3) is 0 Å². The molecule has 1 heterocycles. The highest BCUT2D eigenvalue weighted by Crippen LogP contribution is 2.31. The van der Waals surface area contributed by atoms with Crippen LogP contribution in [-0.4, -0.2) is 48.5 Å². The average molecular weight is 297 g/mol. The van der Waals surface area contributed by atoms with E-state index in [9.17, 15) is 9.90 Å². The van der Waals surface area contributed by atoms with Crippen molar-refractivity contribution >= 4 is 17.4 Å². The summed E-state index contributed by atoms with van der Waals surface area (Å²) in [5.74, 6) is -0.00450. The molecular weight excluding hydrogens is 276 g/mol. The zero-order valence-corrected chi connectivity index (χ0v) is 12.8. The minimum absolute atomic E-state index is 0.0368. The largest absolute Gasteiger partial charge is 0.507 e. The Balaban J connectivity index is 2.07. The fourth-order valence-electron chi connectivity index (χ4n) is 2.61. The third-order valence-electron chi connectivity index (χ3n) is 3.80. The number of nitrogens with zero attached hydrogens (tertiary/aromatic N) is 1. The number of aryl methyl sites for hydroxylation is 1. The maximum absolute atomic E-state index is 12.3. The molecule has 0 spiro atoms. The monoisotopic (exact) mass is 296 g/mol. The van der Waals surface area contributed by atoms with Crippen LogP contribution in [0.15, 0.2) is 6.07 Å². The summed E-state index contributed by atoms with van der Waals surface area (Å²) in [5.41, 5.74) is 1.84. The summed E-state index contributed by atoms with van der Waals surface area (Å²) < 4.78 is 0. The zero-order chi connectivity index (χ0) is 14.7. The molecule has 0 bridgehead atoms. The Labute approximate surface area is 124 Å². The fourth-order valence-corrected chi connectivity index (χ4v) is 2.76. The van der Waals surface area contributed by atoms with E-state index >= 15 is 0 Å². The van der Waals surface area contributed by atoms with Crippen LogP contribution in [0, 0.1) is 13.8 Å². The quantitative estimate of drug-likeness (QED) is 0.836. The molecule has 20 heavy (non-hydrogen) atoms. The molecule has 0 saturated carbocycles. The van der Waals surface area contributed by atoms with E-state index in [1.807, 2.05) is 6.92 Å². The first-order valence-electron chi connectivity index (χ1n) is 6.95. The van der Waals surface area contributed by atoms with Crippen molar-refractivity contribution in [2.24, 2.45) is 0 Å². The van der Waals surface area contributed by atoms with Gasteiger partial charge in [0.2, 0.25) is 0 Å². The molecule has 1 saturated heterocycles. The van der Waals surface area contributed by atoms with Crippen LogP contribution in [0.3, 0.4) is 0 Å². The van der Waals surface area contributed by atoms with Gasteiger partial charge in [0.05, 0.1) is 5.56 Å². The first-order chi connectivity index (χ1) is 9.50. The molecule has 0 aliphatic carbocycles. The number of benzene rings is 1.